The van der Waals surface area contributed by atoms with E-state index in [1.807, 2.05) is 60.7 Å². The second-order valence-electron chi connectivity index (χ2n) is 2.15. The summed E-state index contributed by atoms with van der Waals surface area (Å²) in [4.78, 5) is 0. The first-order valence-corrected chi connectivity index (χ1v) is 3.82. The van der Waals surface area contributed by atoms with Crippen LogP contribution in [0.2, 0.25) is 0 Å². The SMILES string of the molecule is [Rh+2].[c-]1ccccc1.[c-]1ccccc1. The van der Waals surface area contributed by atoms with Crippen LogP contribution in [0.15, 0.2) is 60.7 Å². The third-order valence-corrected chi connectivity index (χ3v) is 1.21. The molecule has 0 saturated carbocycles. The van der Waals surface area contributed by atoms with Crippen molar-refractivity contribution in [2.75, 3.05) is 0 Å². The van der Waals surface area contributed by atoms with Crippen LogP contribution in [0.25, 0.3) is 0 Å². The molecule has 0 bridgehead atoms. The zero-order valence-corrected chi connectivity index (χ0v) is 8.75. The van der Waals surface area contributed by atoms with E-state index in [4.69, 9.17) is 0 Å². The molecule has 2 aromatic carbocycles. The summed E-state index contributed by atoms with van der Waals surface area (Å²) >= 11 is 0. The summed E-state index contributed by atoms with van der Waals surface area (Å²) in [6.45, 7) is 0. The van der Waals surface area contributed by atoms with Crippen LogP contribution < -0.4 is 0 Å². The van der Waals surface area contributed by atoms with Crippen molar-refractivity contribution in [3.63, 3.8) is 0 Å². The molecule has 0 heterocycles. The summed E-state index contributed by atoms with van der Waals surface area (Å²) in [5.41, 5.74) is 0. The number of hydrogen-bond donors (Lipinski definition) is 0. The molecule has 0 saturated heterocycles. The van der Waals surface area contributed by atoms with Crippen molar-refractivity contribution >= 4 is 0 Å². The van der Waals surface area contributed by atoms with E-state index in [0.717, 1.165) is 0 Å². The van der Waals surface area contributed by atoms with Gasteiger partial charge in [-0.2, -0.15) is 72.8 Å². The molecular formula is C12H10Rh. The summed E-state index contributed by atoms with van der Waals surface area (Å²) < 4.78 is 0. The molecule has 0 atom stereocenters. The third-order valence-electron chi connectivity index (χ3n) is 1.21. The van der Waals surface area contributed by atoms with E-state index in [1.54, 1.807) is 0 Å². The normalized spacial score (nSPS) is 7.38. The Balaban J connectivity index is 0.000000206. The minimum Gasteiger partial charge on any atom is -0.184 e. The zero-order valence-electron chi connectivity index (χ0n) is 7.11. The molecule has 2 rings (SSSR count). The van der Waals surface area contributed by atoms with E-state index in [9.17, 15) is 0 Å². The molecule has 0 spiro atoms. The Morgan fingerprint density at radius 1 is 0.462 bits per heavy atom. The van der Waals surface area contributed by atoms with Gasteiger partial charge in [0.1, 0.15) is 0 Å². The third kappa shape index (κ3) is 7.42. The summed E-state index contributed by atoms with van der Waals surface area (Å²) in [5, 5.41) is 0. The van der Waals surface area contributed by atoms with Crippen molar-refractivity contribution in [1.82, 2.24) is 0 Å². The summed E-state index contributed by atoms with van der Waals surface area (Å²) in [6.07, 6.45) is 0. The van der Waals surface area contributed by atoms with Gasteiger partial charge >= 0.3 is 19.5 Å². The Morgan fingerprint density at radius 3 is 0.846 bits per heavy atom. The van der Waals surface area contributed by atoms with Crippen molar-refractivity contribution in [2.24, 2.45) is 0 Å². The second kappa shape index (κ2) is 9.15. The predicted octanol–water partition coefficient (Wildman–Crippen LogP) is 2.97. The standard InChI is InChI=1S/2C6H5.Rh/c2*1-2-4-6-5-3-1;/h2*1-5H;/q2*-1;+2. The minimum atomic E-state index is 0. The van der Waals surface area contributed by atoms with E-state index in [0.29, 0.717) is 0 Å². The molecule has 0 aliphatic heterocycles. The van der Waals surface area contributed by atoms with E-state index < -0.39 is 0 Å². The molecule has 0 unspecified atom stereocenters. The molecule has 0 fully saturated rings. The quantitative estimate of drug-likeness (QED) is 0.502. The largest absolute Gasteiger partial charge is 2.00 e. The van der Waals surface area contributed by atoms with Crippen LogP contribution in [0.4, 0.5) is 0 Å². The predicted molar refractivity (Wildman–Crippen MR) is 50.6 cm³/mol. The van der Waals surface area contributed by atoms with Gasteiger partial charge in [0.15, 0.2) is 0 Å². The molecule has 13 heavy (non-hydrogen) atoms. The maximum atomic E-state index is 2.89. The first kappa shape index (κ1) is 12.1. The molecule has 67 valence electrons. The topological polar surface area (TPSA) is 0 Å². The fraction of sp³-hybridized carbons (Fsp3) is 0. The van der Waals surface area contributed by atoms with Crippen LogP contribution in [0, 0.1) is 12.1 Å². The van der Waals surface area contributed by atoms with E-state index >= 15 is 0 Å². The van der Waals surface area contributed by atoms with Crippen LogP contribution in [0.5, 0.6) is 0 Å². The molecule has 0 amide bonds. The average Bonchev–Trinajstić information content (AvgIpc) is 2.24. The fourth-order valence-corrected chi connectivity index (χ4v) is 0.684. The van der Waals surface area contributed by atoms with Gasteiger partial charge in [0, 0.05) is 0 Å². The van der Waals surface area contributed by atoms with Crippen molar-refractivity contribution in [1.29, 1.82) is 0 Å². The molecule has 0 aliphatic carbocycles. The zero-order chi connectivity index (χ0) is 8.49. The van der Waals surface area contributed by atoms with E-state index in [2.05, 4.69) is 12.1 Å². The Labute approximate surface area is 92.4 Å². The Bertz CT molecular complexity index is 181. The van der Waals surface area contributed by atoms with Crippen molar-refractivity contribution in [3.05, 3.63) is 72.8 Å². The van der Waals surface area contributed by atoms with Gasteiger partial charge in [-0.15, -0.1) is 0 Å². The monoisotopic (exact) mass is 257 g/mol. The maximum Gasteiger partial charge on any atom is 2.00 e. The van der Waals surface area contributed by atoms with Gasteiger partial charge in [-0.05, 0) is 0 Å². The van der Waals surface area contributed by atoms with Gasteiger partial charge in [0.05, 0.1) is 0 Å². The molecular weight excluding hydrogens is 247 g/mol. The first-order valence-electron chi connectivity index (χ1n) is 3.82. The number of rotatable bonds is 0. The molecule has 0 nitrogen and oxygen atoms in total. The van der Waals surface area contributed by atoms with Crippen molar-refractivity contribution in [2.45, 2.75) is 0 Å². The molecule has 2 aromatic rings. The smallest absolute Gasteiger partial charge is 0.184 e. The molecule has 0 aromatic heterocycles. The molecule has 1 radical (unpaired) electrons. The molecule has 1 heteroatoms. The minimum absolute atomic E-state index is 0. The maximum absolute atomic E-state index is 2.89. The van der Waals surface area contributed by atoms with Gasteiger partial charge in [0.25, 0.3) is 0 Å². The average molecular weight is 257 g/mol. The van der Waals surface area contributed by atoms with Gasteiger partial charge < -0.3 is 0 Å². The number of hydrogen-bond acceptors (Lipinski definition) is 0. The van der Waals surface area contributed by atoms with Gasteiger partial charge in [0.2, 0.25) is 0 Å². The van der Waals surface area contributed by atoms with Crippen molar-refractivity contribution < 1.29 is 19.5 Å². The van der Waals surface area contributed by atoms with Gasteiger partial charge in [-0.25, -0.2) is 0 Å². The summed E-state index contributed by atoms with van der Waals surface area (Å²) in [5.74, 6) is 0. The molecule has 0 aliphatic rings. The number of benzene rings is 2. The van der Waals surface area contributed by atoms with Crippen LogP contribution in [-0.4, -0.2) is 0 Å². The Kier molecular flexibility index (Phi) is 8.49. The Morgan fingerprint density at radius 2 is 0.769 bits per heavy atom. The van der Waals surface area contributed by atoms with E-state index in [-0.39, 0.29) is 19.5 Å². The van der Waals surface area contributed by atoms with Crippen LogP contribution in [-0.2, 0) is 19.5 Å². The van der Waals surface area contributed by atoms with Crippen LogP contribution >= 0.6 is 0 Å². The fourth-order valence-electron chi connectivity index (χ4n) is 0.684. The summed E-state index contributed by atoms with van der Waals surface area (Å²) in [7, 11) is 0. The second-order valence-corrected chi connectivity index (χ2v) is 2.15. The van der Waals surface area contributed by atoms with Gasteiger partial charge in [-0.1, -0.05) is 0 Å². The first-order chi connectivity index (χ1) is 6.00. The van der Waals surface area contributed by atoms with Crippen LogP contribution in [0.3, 0.4) is 0 Å². The van der Waals surface area contributed by atoms with E-state index in [1.165, 1.54) is 0 Å². The Hall–Kier alpha value is -0.937. The molecule has 0 N–H and O–H groups in total. The van der Waals surface area contributed by atoms with Crippen LogP contribution in [0.1, 0.15) is 0 Å². The van der Waals surface area contributed by atoms with Crippen molar-refractivity contribution in [3.8, 4) is 0 Å². The van der Waals surface area contributed by atoms with Gasteiger partial charge in [-0.3, -0.25) is 0 Å². The summed E-state index contributed by atoms with van der Waals surface area (Å²) in [6, 6.07) is 25.0.